The molecule has 1 heterocycles. The summed E-state index contributed by atoms with van der Waals surface area (Å²) in [5.41, 5.74) is 11.5. The van der Waals surface area contributed by atoms with E-state index in [1.807, 2.05) is 0 Å². The number of hydrogen-bond donors (Lipinski definition) is 0. The molecule has 0 fully saturated rings. The van der Waals surface area contributed by atoms with Crippen LogP contribution in [0, 0.1) is 0 Å². The van der Waals surface area contributed by atoms with Crippen LogP contribution in [0.5, 0.6) is 0 Å². The lowest BCUT2D eigenvalue weighted by Crippen LogP contribution is -1.93. The zero-order valence-corrected chi connectivity index (χ0v) is 31.0. The second-order valence-corrected chi connectivity index (χ2v) is 15.1. The van der Waals surface area contributed by atoms with Crippen molar-refractivity contribution in [3.63, 3.8) is 0 Å². The van der Waals surface area contributed by atoms with Crippen molar-refractivity contribution in [3.05, 3.63) is 206 Å². The lowest BCUT2D eigenvalue weighted by Gasteiger charge is -2.20. The summed E-state index contributed by atoms with van der Waals surface area (Å²) < 4.78 is 6.88. The molecule has 0 bridgehead atoms. The van der Waals surface area contributed by atoms with Crippen molar-refractivity contribution in [3.8, 4) is 44.5 Å². The Morgan fingerprint density at radius 2 is 0.772 bits per heavy atom. The van der Waals surface area contributed by atoms with E-state index in [9.17, 15) is 0 Å². The third-order valence-corrected chi connectivity index (χ3v) is 12.0. The van der Waals surface area contributed by atoms with E-state index in [4.69, 9.17) is 4.42 Å². The summed E-state index contributed by atoms with van der Waals surface area (Å²) in [5, 5.41) is 14.6. The highest BCUT2D eigenvalue weighted by Gasteiger charge is 2.21. The number of fused-ring (bicyclic) bond motifs is 9. The Balaban J connectivity index is 1.11. The molecule has 1 aromatic heterocycles. The van der Waals surface area contributed by atoms with Gasteiger partial charge in [0, 0.05) is 16.3 Å². The van der Waals surface area contributed by atoms with Crippen molar-refractivity contribution < 1.29 is 4.42 Å². The van der Waals surface area contributed by atoms with E-state index in [1.165, 1.54) is 92.6 Å². The van der Waals surface area contributed by atoms with Crippen molar-refractivity contribution in [2.45, 2.75) is 0 Å². The first kappa shape index (κ1) is 31.8. The Morgan fingerprint density at radius 1 is 0.263 bits per heavy atom. The second kappa shape index (κ2) is 12.5. The Labute approximate surface area is 329 Å². The van der Waals surface area contributed by atoms with Crippen molar-refractivity contribution >= 4 is 75.8 Å². The topological polar surface area (TPSA) is 13.1 Å². The lowest BCUT2D eigenvalue weighted by molar-refractivity contribution is 0.671. The summed E-state index contributed by atoms with van der Waals surface area (Å²) in [6, 6.07) is 75.2. The third-order valence-electron chi connectivity index (χ3n) is 12.0. The second-order valence-electron chi connectivity index (χ2n) is 15.1. The predicted octanol–water partition coefficient (Wildman–Crippen LogP) is 16.0. The quantitative estimate of drug-likeness (QED) is 0.165. The molecule has 0 aliphatic heterocycles. The number of furan rings is 1. The van der Waals surface area contributed by atoms with Gasteiger partial charge in [-0.2, -0.15) is 0 Å². The molecule has 0 saturated heterocycles. The number of hydrogen-bond acceptors (Lipinski definition) is 1. The molecule has 0 aliphatic carbocycles. The van der Waals surface area contributed by atoms with Gasteiger partial charge in [-0.3, -0.25) is 0 Å². The van der Waals surface area contributed by atoms with Gasteiger partial charge >= 0.3 is 0 Å². The molecule has 0 saturated carbocycles. The largest absolute Gasteiger partial charge is 0.455 e. The van der Waals surface area contributed by atoms with E-state index in [0.29, 0.717) is 0 Å². The minimum atomic E-state index is 0.911. The maximum absolute atomic E-state index is 6.88. The van der Waals surface area contributed by atoms with E-state index in [2.05, 4.69) is 206 Å². The average Bonchev–Trinajstić information content (AvgIpc) is 3.65. The van der Waals surface area contributed by atoms with Gasteiger partial charge in [-0.1, -0.05) is 182 Å². The zero-order chi connectivity index (χ0) is 37.5. The van der Waals surface area contributed by atoms with Gasteiger partial charge in [0.05, 0.1) is 0 Å². The van der Waals surface area contributed by atoms with Crippen LogP contribution in [-0.2, 0) is 0 Å². The molecule has 0 atom stereocenters. The van der Waals surface area contributed by atoms with Crippen LogP contribution in [0.4, 0.5) is 0 Å². The molecule has 0 amide bonds. The summed E-state index contributed by atoms with van der Waals surface area (Å²) >= 11 is 0. The minimum Gasteiger partial charge on any atom is -0.455 e. The smallest absolute Gasteiger partial charge is 0.143 e. The van der Waals surface area contributed by atoms with Crippen LogP contribution >= 0.6 is 0 Å². The van der Waals surface area contributed by atoms with Gasteiger partial charge < -0.3 is 4.42 Å². The highest BCUT2D eigenvalue weighted by Crippen LogP contribution is 2.48. The summed E-state index contributed by atoms with van der Waals surface area (Å²) in [7, 11) is 0. The van der Waals surface area contributed by atoms with Crippen molar-refractivity contribution in [1.82, 2.24) is 0 Å². The average molecular weight is 723 g/mol. The van der Waals surface area contributed by atoms with E-state index < -0.39 is 0 Å². The fraction of sp³-hybridized carbons (Fsp3) is 0. The predicted molar refractivity (Wildman–Crippen MR) is 243 cm³/mol. The molecule has 12 rings (SSSR count). The summed E-state index contributed by atoms with van der Waals surface area (Å²) in [4.78, 5) is 0. The van der Waals surface area contributed by atoms with Crippen molar-refractivity contribution in [1.29, 1.82) is 0 Å². The molecule has 1 heteroatoms. The Kier molecular flexibility index (Phi) is 7.00. The van der Waals surface area contributed by atoms with E-state index in [-0.39, 0.29) is 0 Å². The van der Waals surface area contributed by atoms with Gasteiger partial charge in [0.15, 0.2) is 0 Å². The fourth-order valence-corrected chi connectivity index (χ4v) is 9.48. The van der Waals surface area contributed by atoms with E-state index >= 15 is 0 Å². The monoisotopic (exact) mass is 722 g/mol. The van der Waals surface area contributed by atoms with Crippen LogP contribution < -0.4 is 0 Å². The van der Waals surface area contributed by atoms with E-state index in [0.717, 1.165) is 27.7 Å². The van der Waals surface area contributed by atoms with E-state index in [1.54, 1.807) is 0 Å². The maximum atomic E-state index is 6.88. The molecule has 0 unspecified atom stereocenters. The molecular weight excluding hydrogens is 689 g/mol. The first-order valence-electron chi connectivity index (χ1n) is 19.7. The standard InChI is InChI=1S/C56H34O/c1-2-15-35(16-3-1)41-29-30-49(44-24-9-8-23-43(41)44)54-47-27-12-10-25-45(47)53(46-26-11-13-28-48(46)54)40-21-14-20-38(31-40)50-33-39-19-6-7-22-42(39)55-51-32-36-17-4-5-18-37(36)34-52(51)57-56(50)55/h1-34H. The van der Waals surface area contributed by atoms with Crippen LogP contribution in [0.25, 0.3) is 120 Å². The van der Waals surface area contributed by atoms with Gasteiger partial charge in [0.1, 0.15) is 11.2 Å². The molecule has 11 aromatic carbocycles. The molecule has 0 N–H and O–H groups in total. The van der Waals surface area contributed by atoms with Gasteiger partial charge in [0.2, 0.25) is 0 Å². The lowest BCUT2D eigenvalue weighted by atomic mass is 9.83. The molecule has 1 nitrogen and oxygen atoms in total. The third kappa shape index (κ3) is 4.89. The SMILES string of the molecule is c1ccc(-c2ccc(-c3c4ccccc4c(-c4cccc(-c5cc6ccccc6c6c5oc5cc7ccccc7cc56)c4)c4ccccc34)c3ccccc23)cc1. The Morgan fingerprint density at radius 3 is 1.47 bits per heavy atom. The Bertz CT molecular complexity index is 3510. The molecule has 12 aromatic rings. The first-order valence-corrected chi connectivity index (χ1v) is 19.7. The summed E-state index contributed by atoms with van der Waals surface area (Å²) in [6.07, 6.45) is 0. The van der Waals surface area contributed by atoms with Gasteiger partial charge in [-0.05, 0) is 117 Å². The fourth-order valence-electron chi connectivity index (χ4n) is 9.48. The highest BCUT2D eigenvalue weighted by atomic mass is 16.3. The molecular formula is C56H34O. The van der Waals surface area contributed by atoms with Crippen molar-refractivity contribution in [2.24, 2.45) is 0 Å². The zero-order valence-electron chi connectivity index (χ0n) is 31.0. The van der Waals surface area contributed by atoms with Crippen LogP contribution in [0.2, 0.25) is 0 Å². The summed E-state index contributed by atoms with van der Waals surface area (Å²) in [5.74, 6) is 0. The summed E-state index contributed by atoms with van der Waals surface area (Å²) in [6.45, 7) is 0. The molecule has 264 valence electrons. The number of rotatable bonds is 4. The van der Waals surface area contributed by atoms with Gasteiger partial charge in [0.25, 0.3) is 0 Å². The molecule has 0 spiro atoms. The normalized spacial score (nSPS) is 11.9. The first-order chi connectivity index (χ1) is 28.3. The minimum absolute atomic E-state index is 0.911. The maximum Gasteiger partial charge on any atom is 0.143 e. The van der Waals surface area contributed by atoms with Crippen LogP contribution in [0.3, 0.4) is 0 Å². The number of benzene rings is 11. The van der Waals surface area contributed by atoms with Crippen LogP contribution in [0.1, 0.15) is 0 Å². The highest BCUT2D eigenvalue weighted by molar-refractivity contribution is 6.26. The molecule has 0 radical (unpaired) electrons. The van der Waals surface area contributed by atoms with Crippen LogP contribution in [0.15, 0.2) is 211 Å². The van der Waals surface area contributed by atoms with Gasteiger partial charge in [-0.25, -0.2) is 0 Å². The van der Waals surface area contributed by atoms with Gasteiger partial charge in [-0.15, -0.1) is 0 Å². The molecule has 57 heavy (non-hydrogen) atoms. The molecule has 0 aliphatic rings. The van der Waals surface area contributed by atoms with Crippen LogP contribution in [-0.4, -0.2) is 0 Å². The van der Waals surface area contributed by atoms with Crippen molar-refractivity contribution in [2.75, 3.05) is 0 Å². The Hall–Kier alpha value is -7.48.